The van der Waals surface area contributed by atoms with Crippen LogP contribution in [0.2, 0.25) is 10.0 Å². The lowest BCUT2D eigenvalue weighted by atomic mass is 9.98. The van der Waals surface area contributed by atoms with E-state index < -0.39 is 5.82 Å². The molecular weight excluding hydrogens is 442 g/mol. The van der Waals surface area contributed by atoms with Crippen molar-refractivity contribution in [3.05, 3.63) is 76.7 Å². The first-order valence-electron chi connectivity index (χ1n) is 9.88. The van der Waals surface area contributed by atoms with Crippen molar-refractivity contribution in [2.45, 2.75) is 25.7 Å². The van der Waals surface area contributed by atoms with E-state index in [1.54, 1.807) is 11.1 Å². The largest absolute Gasteiger partial charge is 0.484 e. The summed E-state index contributed by atoms with van der Waals surface area (Å²) in [5.74, 6) is -0.397. The molecule has 1 aliphatic rings. The van der Waals surface area contributed by atoms with Gasteiger partial charge in [0.15, 0.2) is 6.61 Å². The van der Waals surface area contributed by atoms with Crippen LogP contribution in [0.3, 0.4) is 0 Å². The molecule has 0 aromatic heterocycles. The maximum Gasteiger partial charge on any atom is 0.257 e. The number of hydrogen-bond donors (Lipinski definition) is 1. The minimum Gasteiger partial charge on any atom is -0.484 e. The third-order valence-electron chi connectivity index (χ3n) is 4.57. The Morgan fingerprint density at radius 3 is 2.58 bits per heavy atom. The lowest BCUT2D eigenvalue weighted by molar-refractivity contribution is -0.126. The summed E-state index contributed by atoms with van der Waals surface area (Å²) in [4.78, 5) is 24.7. The Morgan fingerprint density at radius 2 is 2.00 bits per heavy atom. The van der Waals surface area contributed by atoms with Crippen molar-refractivity contribution in [2.24, 2.45) is 0 Å². The summed E-state index contributed by atoms with van der Waals surface area (Å²) in [5, 5.41) is 3.37. The van der Waals surface area contributed by atoms with Crippen LogP contribution in [0.25, 0.3) is 0 Å². The molecule has 5 nitrogen and oxygen atoms in total. The molecule has 0 aliphatic carbocycles. The van der Waals surface area contributed by atoms with Gasteiger partial charge in [0.05, 0.1) is 10.9 Å². The van der Waals surface area contributed by atoms with Gasteiger partial charge in [-0.2, -0.15) is 0 Å². The first-order chi connectivity index (χ1) is 14.8. The number of nitrogens with one attached hydrogen (secondary N) is 1. The molecule has 166 valence electrons. The third kappa shape index (κ3) is 7.56. The molecule has 0 radical (unpaired) electrons. The highest BCUT2D eigenvalue weighted by atomic mass is 35.5. The number of halogens is 3. The Morgan fingerprint density at radius 1 is 1.29 bits per heavy atom. The van der Waals surface area contributed by atoms with E-state index in [1.165, 1.54) is 12.1 Å². The van der Waals surface area contributed by atoms with Crippen LogP contribution in [0.5, 0.6) is 5.75 Å². The van der Waals surface area contributed by atoms with E-state index >= 15 is 0 Å². The fourth-order valence-electron chi connectivity index (χ4n) is 2.92. The van der Waals surface area contributed by atoms with Crippen LogP contribution in [-0.2, 0) is 9.59 Å². The topological polar surface area (TPSA) is 58.6 Å². The number of amides is 2. The van der Waals surface area contributed by atoms with Crippen molar-refractivity contribution < 1.29 is 18.7 Å². The van der Waals surface area contributed by atoms with Crippen molar-refractivity contribution in [3.63, 3.8) is 0 Å². The van der Waals surface area contributed by atoms with Gasteiger partial charge in [-0.3, -0.25) is 9.59 Å². The summed E-state index contributed by atoms with van der Waals surface area (Å²) < 4.78 is 18.1. The van der Waals surface area contributed by atoms with E-state index in [1.807, 2.05) is 31.2 Å². The molecule has 2 amide bonds. The normalized spacial score (nSPS) is 15.2. The molecule has 1 N–H and O–H groups in total. The van der Waals surface area contributed by atoms with Crippen LogP contribution in [0.1, 0.15) is 31.2 Å². The predicted octanol–water partition coefficient (Wildman–Crippen LogP) is 5.18. The number of nitrogens with zero attached hydrogens (tertiary/aromatic N) is 1. The molecule has 1 aliphatic heterocycles. The van der Waals surface area contributed by atoms with Gasteiger partial charge in [0.1, 0.15) is 11.6 Å². The minimum atomic E-state index is -0.562. The summed E-state index contributed by atoms with van der Waals surface area (Å²) in [6, 6.07) is 11.5. The highest BCUT2D eigenvalue weighted by Gasteiger charge is 2.30. The van der Waals surface area contributed by atoms with Gasteiger partial charge in [0.25, 0.3) is 5.91 Å². The zero-order chi connectivity index (χ0) is 22.8. The second kappa shape index (κ2) is 12.3. The van der Waals surface area contributed by atoms with Gasteiger partial charge >= 0.3 is 0 Å². The highest BCUT2D eigenvalue weighted by molar-refractivity contribution is 6.31. The first-order valence-corrected chi connectivity index (χ1v) is 10.6. The first kappa shape index (κ1) is 24.7. The lowest BCUT2D eigenvalue weighted by Gasteiger charge is -2.11. The number of carbonyl (C=O) groups is 2. The molecule has 31 heavy (non-hydrogen) atoms. The minimum absolute atomic E-state index is 0.0275. The molecule has 1 atom stereocenters. The second-order valence-electron chi connectivity index (χ2n) is 6.82. The summed E-state index contributed by atoms with van der Waals surface area (Å²) in [7, 11) is 0. The van der Waals surface area contributed by atoms with Crippen molar-refractivity contribution in [1.82, 2.24) is 10.2 Å². The molecule has 2 aromatic rings. The molecule has 0 saturated carbocycles. The Hall–Kier alpha value is -2.57. The van der Waals surface area contributed by atoms with E-state index in [-0.39, 0.29) is 35.1 Å². The summed E-state index contributed by atoms with van der Waals surface area (Å²) in [6.07, 6.45) is 3.31. The summed E-state index contributed by atoms with van der Waals surface area (Å²) >= 11 is 11.3. The van der Waals surface area contributed by atoms with E-state index in [9.17, 15) is 14.0 Å². The van der Waals surface area contributed by atoms with E-state index in [0.717, 1.165) is 31.0 Å². The zero-order valence-electron chi connectivity index (χ0n) is 17.2. The van der Waals surface area contributed by atoms with E-state index in [0.29, 0.717) is 11.6 Å². The highest BCUT2D eigenvalue weighted by Crippen LogP contribution is 2.29. The number of hydrogen-bond acceptors (Lipinski definition) is 3. The standard InChI is InChI=1S/C12H12ClNO.C11H13ClFNO2/c1-2-14-8-7-11(12(14)15)9-3-5-10(13)6-4-9;1-2-5-14-11(15)7-16-8-3-4-9(12)10(13)6-8/h2-6,11H,1,7-8H2;3-4,6H,2,5,7H2,1H3,(H,14,15). The predicted molar refractivity (Wildman–Crippen MR) is 121 cm³/mol. The average Bonchev–Trinajstić information content (AvgIpc) is 3.14. The molecule has 1 fully saturated rings. The van der Waals surface area contributed by atoms with Crippen molar-refractivity contribution in [1.29, 1.82) is 0 Å². The van der Waals surface area contributed by atoms with Gasteiger partial charge in [-0.05, 0) is 48.9 Å². The number of rotatable bonds is 7. The number of ether oxygens (including phenoxy) is 1. The van der Waals surface area contributed by atoms with Crippen LogP contribution >= 0.6 is 23.2 Å². The average molecular weight is 467 g/mol. The van der Waals surface area contributed by atoms with Crippen LogP contribution in [0.4, 0.5) is 4.39 Å². The number of likely N-dealkylation sites (tertiary alicyclic amines) is 1. The molecule has 8 heteroatoms. The number of carbonyl (C=O) groups excluding carboxylic acids is 2. The quantitative estimate of drug-likeness (QED) is 0.610. The molecule has 2 aromatic carbocycles. The number of benzene rings is 2. The van der Waals surface area contributed by atoms with Crippen LogP contribution < -0.4 is 10.1 Å². The maximum atomic E-state index is 13.0. The zero-order valence-corrected chi connectivity index (χ0v) is 18.8. The SMILES string of the molecule is C=CN1CCC(c2ccc(Cl)cc2)C1=O.CCCNC(=O)COc1ccc(Cl)c(F)c1. The van der Waals surface area contributed by atoms with Gasteiger partial charge in [0, 0.05) is 24.2 Å². The van der Waals surface area contributed by atoms with Crippen molar-refractivity contribution >= 4 is 35.0 Å². The molecule has 1 saturated heterocycles. The van der Waals surface area contributed by atoms with Gasteiger partial charge in [-0.1, -0.05) is 48.8 Å². The maximum absolute atomic E-state index is 13.0. The van der Waals surface area contributed by atoms with Crippen LogP contribution in [0, 0.1) is 5.82 Å². The third-order valence-corrected chi connectivity index (χ3v) is 5.12. The van der Waals surface area contributed by atoms with Crippen molar-refractivity contribution in [2.75, 3.05) is 19.7 Å². The van der Waals surface area contributed by atoms with Crippen LogP contribution in [-0.4, -0.2) is 36.4 Å². The molecule has 0 bridgehead atoms. The Balaban J connectivity index is 0.000000220. The van der Waals surface area contributed by atoms with Gasteiger partial charge in [-0.15, -0.1) is 0 Å². The van der Waals surface area contributed by atoms with Crippen LogP contribution in [0.15, 0.2) is 55.2 Å². The van der Waals surface area contributed by atoms with E-state index in [2.05, 4.69) is 11.9 Å². The summed E-state index contributed by atoms with van der Waals surface area (Å²) in [6.45, 7) is 6.82. The Kier molecular flexibility index (Phi) is 9.82. The second-order valence-corrected chi connectivity index (χ2v) is 7.67. The smallest absolute Gasteiger partial charge is 0.257 e. The fourth-order valence-corrected chi connectivity index (χ4v) is 3.16. The summed E-state index contributed by atoms with van der Waals surface area (Å²) in [5.41, 5.74) is 1.04. The van der Waals surface area contributed by atoms with E-state index in [4.69, 9.17) is 27.9 Å². The van der Waals surface area contributed by atoms with Crippen molar-refractivity contribution in [3.8, 4) is 5.75 Å². The van der Waals surface area contributed by atoms with Gasteiger partial charge in [-0.25, -0.2) is 4.39 Å². The molecule has 1 unspecified atom stereocenters. The molecular formula is C23H25Cl2FN2O3. The molecule has 3 rings (SSSR count). The Labute approximate surface area is 191 Å². The Bertz CT molecular complexity index is 906. The molecule has 0 spiro atoms. The fraction of sp³-hybridized carbons (Fsp3) is 0.304. The monoisotopic (exact) mass is 466 g/mol. The lowest BCUT2D eigenvalue weighted by Crippen LogP contribution is -2.29. The molecule has 1 heterocycles. The van der Waals surface area contributed by atoms with Gasteiger partial charge < -0.3 is 15.0 Å². The van der Waals surface area contributed by atoms with Gasteiger partial charge in [0.2, 0.25) is 5.91 Å².